The van der Waals surface area contributed by atoms with E-state index >= 15 is 0 Å². The minimum Gasteiger partial charge on any atom is -0.497 e. The molecule has 0 amide bonds. The lowest BCUT2D eigenvalue weighted by atomic mass is 10.1. The van der Waals surface area contributed by atoms with E-state index < -0.39 is 0 Å². The van der Waals surface area contributed by atoms with Crippen molar-refractivity contribution in [3.63, 3.8) is 0 Å². The number of fused-ring (bicyclic) bond motifs is 1. The van der Waals surface area contributed by atoms with E-state index in [1.807, 2.05) is 24.3 Å². The third-order valence-electron chi connectivity index (χ3n) is 4.70. The van der Waals surface area contributed by atoms with Crippen LogP contribution in [-0.2, 0) is 13.0 Å². The number of nitrogens with one attached hydrogen (secondary N) is 1. The van der Waals surface area contributed by atoms with Gasteiger partial charge in [0.05, 0.1) is 26.9 Å². The van der Waals surface area contributed by atoms with Crippen molar-refractivity contribution in [1.82, 2.24) is 9.88 Å². The first-order valence-corrected chi connectivity index (χ1v) is 8.68. The average Bonchev–Trinajstić information content (AvgIpc) is 3.08. The Morgan fingerprint density at radius 1 is 0.962 bits per heavy atom. The van der Waals surface area contributed by atoms with E-state index in [0.29, 0.717) is 0 Å². The maximum atomic E-state index is 5.50. The number of H-pyrrole nitrogens is 1. The summed E-state index contributed by atoms with van der Waals surface area (Å²) in [6.45, 7) is 1.68. The highest BCUT2D eigenvalue weighted by Crippen LogP contribution is 2.29. The highest BCUT2D eigenvalue weighted by Gasteiger charge is 2.13. The second kappa shape index (κ2) is 8.15. The van der Waals surface area contributed by atoms with Crippen LogP contribution in [0.25, 0.3) is 10.9 Å². The summed E-state index contributed by atoms with van der Waals surface area (Å²) in [5, 5.41) is 1.22. The number of nitrogens with zero attached hydrogens (tertiary/aromatic N) is 1. The van der Waals surface area contributed by atoms with Crippen molar-refractivity contribution in [2.24, 2.45) is 0 Å². The Hall–Kier alpha value is -2.66. The van der Waals surface area contributed by atoms with Gasteiger partial charge in [-0.1, -0.05) is 6.07 Å². The summed E-state index contributed by atoms with van der Waals surface area (Å²) in [7, 11) is 7.19. The number of rotatable bonds is 8. The van der Waals surface area contributed by atoms with E-state index in [0.717, 1.165) is 47.8 Å². The molecule has 1 aromatic heterocycles. The topological polar surface area (TPSA) is 46.7 Å². The third kappa shape index (κ3) is 3.78. The van der Waals surface area contributed by atoms with Crippen LogP contribution in [0.2, 0.25) is 0 Å². The lowest BCUT2D eigenvalue weighted by molar-refractivity contribution is 0.310. The van der Waals surface area contributed by atoms with Gasteiger partial charge in [0, 0.05) is 30.2 Å². The predicted octanol–water partition coefficient (Wildman–Crippen LogP) is 3.87. The molecule has 0 aliphatic carbocycles. The van der Waals surface area contributed by atoms with Gasteiger partial charge in [-0.2, -0.15) is 0 Å². The number of likely N-dealkylation sites (N-methyl/N-ethyl adjacent to an activating group) is 1. The Bertz CT molecular complexity index is 851. The van der Waals surface area contributed by atoms with E-state index in [1.54, 1.807) is 21.3 Å². The Labute approximate surface area is 154 Å². The zero-order valence-corrected chi connectivity index (χ0v) is 15.8. The first kappa shape index (κ1) is 18.1. The molecule has 2 aromatic carbocycles. The Morgan fingerprint density at radius 2 is 1.69 bits per heavy atom. The average molecular weight is 354 g/mol. The molecule has 0 spiro atoms. The Balaban J connectivity index is 1.71. The maximum Gasteiger partial charge on any atom is 0.127 e. The van der Waals surface area contributed by atoms with E-state index in [2.05, 4.69) is 35.3 Å². The van der Waals surface area contributed by atoms with Gasteiger partial charge in [0.1, 0.15) is 17.2 Å². The summed E-state index contributed by atoms with van der Waals surface area (Å²) in [4.78, 5) is 5.61. The van der Waals surface area contributed by atoms with Gasteiger partial charge in [0.15, 0.2) is 0 Å². The smallest absolute Gasteiger partial charge is 0.127 e. The molecule has 3 rings (SSSR count). The highest BCUT2D eigenvalue weighted by molar-refractivity contribution is 5.84. The van der Waals surface area contributed by atoms with E-state index in [9.17, 15) is 0 Å². The third-order valence-corrected chi connectivity index (χ3v) is 4.70. The van der Waals surface area contributed by atoms with Crippen LogP contribution in [0.15, 0.2) is 42.6 Å². The van der Waals surface area contributed by atoms with Gasteiger partial charge in [-0.3, -0.25) is 0 Å². The van der Waals surface area contributed by atoms with Crippen molar-refractivity contribution in [3.8, 4) is 17.2 Å². The van der Waals surface area contributed by atoms with Crippen molar-refractivity contribution >= 4 is 10.9 Å². The van der Waals surface area contributed by atoms with Gasteiger partial charge in [0.25, 0.3) is 0 Å². The molecular weight excluding hydrogens is 328 g/mol. The van der Waals surface area contributed by atoms with Gasteiger partial charge < -0.3 is 24.1 Å². The molecule has 0 saturated carbocycles. The van der Waals surface area contributed by atoms with E-state index in [1.165, 1.54) is 10.9 Å². The Kier molecular flexibility index (Phi) is 5.68. The summed E-state index contributed by atoms with van der Waals surface area (Å²) in [5.41, 5.74) is 3.49. The van der Waals surface area contributed by atoms with Crippen LogP contribution >= 0.6 is 0 Å². The van der Waals surface area contributed by atoms with Gasteiger partial charge in [-0.25, -0.2) is 0 Å². The van der Waals surface area contributed by atoms with Crippen molar-refractivity contribution in [2.75, 3.05) is 34.9 Å². The minimum absolute atomic E-state index is 0.763. The molecule has 0 aliphatic rings. The fourth-order valence-corrected chi connectivity index (χ4v) is 3.24. The second-order valence-corrected chi connectivity index (χ2v) is 6.35. The number of benzene rings is 2. The fourth-order valence-electron chi connectivity index (χ4n) is 3.24. The number of aromatic nitrogens is 1. The number of aromatic amines is 1. The molecule has 1 N–H and O–H groups in total. The summed E-state index contributed by atoms with van der Waals surface area (Å²) in [6, 6.07) is 12.0. The zero-order valence-electron chi connectivity index (χ0n) is 15.8. The molecule has 0 saturated heterocycles. The van der Waals surface area contributed by atoms with Crippen LogP contribution in [0.1, 0.15) is 11.1 Å². The fraction of sp³-hybridized carbons (Fsp3) is 0.333. The molecule has 138 valence electrons. The van der Waals surface area contributed by atoms with Crippen LogP contribution in [0.3, 0.4) is 0 Å². The van der Waals surface area contributed by atoms with Gasteiger partial charge in [-0.05, 0) is 49.4 Å². The molecule has 1 heterocycles. The number of hydrogen-bond acceptors (Lipinski definition) is 4. The van der Waals surface area contributed by atoms with Crippen LogP contribution in [0, 0.1) is 0 Å². The first-order valence-electron chi connectivity index (χ1n) is 8.68. The second-order valence-electron chi connectivity index (χ2n) is 6.35. The largest absolute Gasteiger partial charge is 0.497 e. The molecule has 3 aromatic rings. The molecule has 0 radical (unpaired) electrons. The molecule has 0 atom stereocenters. The van der Waals surface area contributed by atoms with E-state index in [4.69, 9.17) is 14.2 Å². The van der Waals surface area contributed by atoms with Crippen LogP contribution in [-0.4, -0.2) is 44.8 Å². The summed E-state index contributed by atoms with van der Waals surface area (Å²) in [6.07, 6.45) is 3.03. The van der Waals surface area contributed by atoms with Crippen molar-refractivity contribution in [3.05, 3.63) is 53.7 Å². The standard InChI is InChI=1S/C21H26N2O3/c1-23(14-18-20(25-3)6-5-7-21(18)26-4)11-10-15-13-22-19-9-8-16(24-2)12-17(15)19/h5-9,12-13,22H,10-11,14H2,1-4H3. The molecule has 0 fully saturated rings. The van der Waals surface area contributed by atoms with Gasteiger partial charge in [0.2, 0.25) is 0 Å². The molecular formula is C21H26N2O3. The first-order chi connectivity index (χ1) is 12.7. The van der Waals surface area contributed by atoms with Crippen molar-refractivity contribution in [1.29, 1.82) is 0 Å². The van der Waals surface area contributed by atoms with Crippen molar-refractivity contribution in [2.45, 2.75) is 13.0 Å². The minimum atomic E-state index is 0.763. The molecule has 0 bridgehead atoms. The zero-order chi connectivity index (χ0) is 18.5. The highest BCUT2D eigenvalue weighted by atomic mass is 16.5. The van der Waals surface area contributed by atoms with Gasteiger partial charge >= 0.3 is 0 Å². The van der Waals surface area contributed by atoms with Gasteiger partial charge in [-0.15, -0.1) is 0 Å². The maximum absolute atomic E-state index is 5.50. The number of ether oxygens (including phenoxy) is 3. The predicted molar refractivity (Wildman–Crippen MR) is 104 cm³/mol. The van der Waals surface area contributed by atoms with Crippen molar-refractivity contribution < 1.29 is 14.2 Å². The molecule has 26 heavy (non-hydrogen) atoms. The normalized spacial score (nSPS) is 11.1. The number of methoxy groups -OCH3 is 3. The molecule has 0 aliphatic heterocycles. The number of hydrogen-bond donors (Lipinski definition) is 1. The molecule has 0 unspecified atom stereocenters. The quantitative estimate of drug-likeness (QED) is 0.667. The summed E-state index contributed by atoms with van der Waals surface area (Å²) in [5.74, 6) is 2.59. The molecule has 5 nitrogen and oxygen atoms in total. The van der Waals surface area contributed by atoms with Crippen LogP contribution < -0.4 is 14.2 Å². The SMILES string of the molecule is COc1ccc2[nH]cc(CCN(C)Cc3c(OC)cccc3OC)c2c1. The Morgan fingerprint density at radius 3 is 2.35 bits per heavy atom. The molecule has 5 heteroatoms. The van der Waals surface area contributed by atoms with Crippen LogP contribution in [0.5, 0.6) is 17.2 Å². The lowest BCUT2D eigenvalue weighted by Gasteiger charge is -2.20. The van der Waals surface area contributed by atoms with E-state index in [-0.39, 0.29) is 0 Å². The van der Waals surface area contributed by atoms with Crippen LogP contribution in [0.4, 0.5) is 0 Å². The lowest BCUT2D eigenvalue weighted by Crippen LogP contribution is -2.21. The summed E-state index contributed by atoms with van der Waals surface area (Å²) < 4.78 is 16.3. The monoisotopic (exact) mass is 354 g/mol. The summed E-state index contributed by atoms with van der Waals surface area (Å²) >= 11 is 0.